The number of nitrogens with zero attached hydrogens (tertiary/aromatic N) is 5. The topological polar surface area (TPSA) is 99.9 Å². The normalized spacial score (nSPS) is 20.9. The second-order valence-electron chi connectivity index (χ2n) is 8.70. The smallest absolute Gasteiger partial charge is 0.241 e. The molecule has 182 valence electrons. The van der Waals surface area contributed by atoms with Crippen LogP contribution in [-0.2, 0) is 21.2 Å². The van der Waals surface area contributed by atoms with E-state index in [1.165, 1.54) is 4.31 Å². The molecule has 0 aromatic carbocycles. The van der Waals surface area contributed by atoms with Crippen LogP contribution in [0.15, 0.2) is 22.0 Å². The third-order valence-corrected chi connectivity index (χ3v) is 9.26. The molecule has 2 aliphatic rings. The number of sulfonamides is 1. The Bertz CT molecular complexity index is 1000. The van der Waals surface area contributed by atoms with Gasteiger partial charge in [-0.2, -0.15) is 9.29 Å². The number of carbonyl (C=O) groups excluding carboxylic acids is 1. The SMILES string of the molecule is CCCS(=O)(=O)N1CCCCC1C(=O)N1CCN(CCCc2nc(-c3cccs3)no2)CC1. The molecule has 0 spiro atoms. The molecule has 2 aliphatic heterocycles. The molecule has 0 radical (unpaired) electrons. The van der Waals surface area contributed by atoms with E-state index in [-0.39, 0.29) is 11.7 Å². The van der Waals surface area contributed by atoms with Gasteiger partial charge < -0.3 is 9.42 Å². The first-order valence-corrected chi connectivity index (χ1v) is 14.3. The zero-order valence-electron chi connectivity index (χ0n) is 19.2. The van der Waals surface area contributed by atoms with Crippen molar-refractivity contribution in [3.05, 3.63) is 23.4 Å². The second-order valence-corrected chi connectivity index (χ2v) is 11.7. The van der Waals surface area contributed by atoms with Crippen molar-refractivity contribution in [3.63, 3.8) is 0 Å². The molecule has 0 aliphatic carbocycles. The first-order chi connectivity index (χ1) is 16.0. The Morgan fingerprint density at radius 3 is 2.76 bits per heavy atom. The molecule has 2 saturated heterocycles. The number of hydrogen-bond donors (Lipinski definition) is 0. The highest BCUT2D eigenvalue weighted by atomic mass is 32.2. The maximum absolute atomic E-state index is 13.2. The minimum absolute atomic E-state index is 0.0269. The summed E-state index contributed by atoms with van der Waals surface area (Å²) >= 11 is 1.59. The standard InChI is InChI=1S/C22H33N5O4S2/c1-2-17-33(29,30)27-11-4-3-7-18(27)22(28)26-14-12-25(13-15-26)10-5-9-20-23-21(24-31-20)19-8-6-16-32-19/h6,8,16,18H,2-5,7,9-15,17H2,1H3. The average Bonchev–Trinajstić information content (AvgIpc) is 3.51. The van der Waals surface area contributed by atoms with Crippen LogP contribution in [0.25, 0.3) is 10.7 Å². The molecule has 2 aromatic heterocycles. The highest BCUT2D eigenvalue weighted by Crippen LogP contribution is 2.24. The van der Waals surface area contributed by atoms with Crippen LogP contribution in [0.5, 0.6) is 0 Å². The number of thiophene rings is 1. The van der Waals surface area contributed by atoms with E-state index < -0.39 is 16.1 Å². The minimum Gasteiger partial charge on any atom is -0.339 e. The Morgan fingerprint density at radius 1 is 1.21 bits per heavy atom. The lowest BCUT2D eigenvalue weighted by Gasteiger charge is -2.40. The van der Waals surface area contributed by atoms with Crippen LogP contribution < -0.4 is 0 Å². The summed E-state index contributed by atoms with van der Waals surface area (Å²) < 4.78 is 32.2. The van der Waals surface area contributed by atoms with E-state index in [1.54, 1.807) is 11.3 Å². The van der Waals surface area contributed by atoms with Crippen molar-refractivity contribution >= 4 is 27.3 Å². The number of amides is 1. The van der Waals surface area contributed by atoms with Gasteiger partial charge >= 0.3 is 0 Å². The van der Waals surface area contributed by atoms with Gasteiger partial charge in [-0.25, -0.2) is 8.42 Å². The Hall–Kier alpha value is -1.82. The molecule has 0 saturated carbocycles. The molecule has 11 heteroatoms. The number of aromatic nitrogens is 2. The number of piperazine rings is 1. The van der Waals surface area contributed by atoms with Gasteiger partial charge in [0, 0.05) is 39.1 Å². The highest BCUT2D eigenvalue weighted by Gasteiger charge is 2.38. The maximum Gasteiger partial charge on any atom is 0.241 e. The molecule has 1 atom stereocenters. The van der Waals surface area contributed by atoms with Crippen LogP contribution in [0.1, 0.15) is 44.9 Å². The Balaban J connectivity index is 1.23. The summed E-state index contributed by atoms with van der Waals surface area (Å²) in [4.78, 5) is 22.9. The molecule has 1 unspecified atom stereocenters. The Morgan fingerprint density at radius 2 is 2.03 bits per heavy atom. The van der Waals surface area contributed by atoms with Crippen molar-refractivity contribution in [2.45, 2.75) is 51.5 Å². The van der Waals surface area contributed by atoms with Gasteiger partial charge in [0.1, 0.15) is 6.04 Å². The molecule has 9 nitrogen and oxygen atoms in total. The van der Waals surface area contributed by atoms with E-state index in [4.69, 9.17) is 4.52 Å². The molecular formula is C22H33N5O4S2. The molecule has 0 N–H and O–H groups in total. The molecule has 0 bridgehead atoms. The van der Waals surface area contributed by atoms with E-state index in [0.717, 1.165) is 50.2 Å². The molecule has 2 fully saturated rings. The molecular weight excluding hydrogens is 462 g/mol. The van der Waals surface area contributed by atoms with Gasteiger partial charge in [0.2, 0.25) is 27.6 Å². The largest absolute Gasteiger partial charge is 0.339 e. The van der Waals surface area contributed by atoms with Crippen LogP contribution in [0.2, 0.25) is 0 Å². The van der Waals surface area contributed by atoms with Crippen molar-refractivity contribution < 1.29 is 17.7 Å². The summed E-state index contributed by atoms with van der Waals surface area (Å²) in [6, 6.07) is 3.42. The van der Waals surface area contributed by atoms with Crippen LogP contribution in [-0.4, -0.2) is 89.6 Å². The molecule has 2 aromatic rings. The number of carbonyl (C=O) groups is 1. The summed E-state index contributed by atoms with van der Waals surface area (Å²) in [5, 5.41) is 6.04. The van der Waals surface area contributed by atoms with E-state index in [0.29, 0.717) is 44.2 Å². The van der Waals surface area contributed by atoms with Crippen molar-refractivity contribution in [3.8, 4) is 10.7 Å². The van der Waals surface area contributed by atoms with Crippen molar-refractivity contribution in [1.82, 2.24) is 24.2 Å². The minimum atomic E-state index is -3.37. The molecule has 4 rings (SSSR count). The van der Waals surface area contributed by atoms with Gasteiger partial charge in [0.25, 0.3) is 0 Å². The predicted octanol–water partition coefficient (Wildman–Crippen LogP) is 2.47. The van der Waals surface area contributed by atoms with Gasteiger partial charge in [0.05, 0.1) is 10.6 Å². The first kappa shape index (κ1) is 24.3. The average molecular weight is 496 g/mol. The van der Waals surface area contributed by atoms with E-state index in [2.05, 4.69) is 15.0 Å². The fourth-order valence-corrected chi connectivity index (χ4v) is 6.97. The number of aryl methyl sites for hydroxylation is 1. The fourth-order valence-electron chi connectivity index (χ4n) is 4.58. The summed E-state index contributed by atoms with van der Waals surface area (Å²) in [5.41, 5.74) is 0. The maximum atomic E-state index is 13.2. The summed E-state index contributed by atoms with van der Waals surface area (Å²) in [6.07, 6.45) is 4.56. The third-order valence-electron chi connectivity index (χ3n) is 6.32. The predicted molar refractivity (Wildman–Crippen MR) is 127 cm³/mol. The Labute approximate surface area is 199 Å². The van der Waals surface area contributed by atoms with E-state index in [9.17, 15) is 13.2 Å². The summed E-state index contributed by atoms with van der Waals surface area (Å²) in [5.74, 6) is 1.38. The molecule has 1 amide bonds. The van der Waals surface area contributed by atoms with E-state index >= 15 is 0 Å². The lowest BCUT2D eigenvalue weighted by Crippen LogP contribution is -2.57. The number of piperidine rings is 1. The summed E-state index contributed by atoms with van der Waals surface area (Å²) in [7, 11) is -3.37. The number of hydrogen-bond acceptors (Lipinski definition) is 8. The lowest BCUT2D eigenvalue weighted by molar-refractivity contribution is -0.138. The highest BCUT2D eigenvalue weighted by molar-refractivity contribution is 7.89. The zero-order chi connectivity index (χ0) is 23.3. The van der Waals surface area contributed by atoms with Gasteiger partial charge in [0.15, 0.2) is 0 Å². The quantitative estimate of drug-likeness (QED) is 0.527. The van der Waals surface area contributed by atoms with Crippen LogP contribution in [0.4, 0.5) is 0 Å². The summed E-state index contributed by atoms with van der Waals surface area (Å²) in [6.45, 7) is 6.09. The zero-order valence-corrected chi connectivity index (χ0v) is 20.8. The van der Waals surface area contributed by atoms with Gasteiger partial charge in [-0.05, 0) is 43.7 Å². The Kier molecular flexibility index (Phi) is 8.15. The number of rotatable bonds is 9. The molecule has 4 heterocycles. The van der Waals surface area contributed by atoms with Gasteiger partial charge in [-0.3, -0.25) is 9.69 Å². The van der Waals surface area contributed by atoms with Gasteiger partial charge in [-0.15, -0.1) is 11.3 Å². The third kappa shape index (κ3) is 6.00. The first-order valence-electron chi connectivity index (χ1n) is 11.8. The van der Waals surface area contributed by atoms with Crippen molar-refractivity contribution in [2.24, 2.45) is 0 Å². The van der Waals surface area contributed by atoms with E-state index in [1.807, 2.05) is 29.3 Å². The lowest BCUT2D eigenvalue weighted by atomic mass is 10.0. The van der Waals surface area contributed by atoms with Crippen LogP contribution in [0.3, 0.4) is 0 Å². The van der Waals surface area contributed by atoms with Gasteiger partial charge in [-0.1, -0.05) is 24.6 Å². The fraction of sp³-hybridized carbons (Fsp3) is 0.682. The van der Waals surface area contributed by atoms with Crippen LogP contribution >= 0.6 is 11.3 Å². The molecule has 33 heavy (non-hydrogen) atoms. The second kappa shape index (κ2) is 11.1. The monoisotopic (exact) mass is 495 g/mol. The van der Waals surface area contributed by atoms with Crippen molar-refractivity contribution in [2.75, 3.05) is 45.0 Å². The van der Waals surface area contributed by atoms with Crippen LogP contribution in [0, 0.1) is 0 Å². The van der Waals surface area contributed by atoms with Crippen molar-refractivity contribution in [1.29, 1.82) is 0 Å².